The summed E-state index contributed by atoms with van der Waals surface area (Å²) in [6, 6.07) is 11.4. The highest BCUT2D eigenvalue weighted by Crippen LogP contribution is 2.30. The second-order valence-corrected chi connectivity index (χ2v) is 7.21. The molecule has 0 aliphatic rings. The largest absolute Gasteiger partial charge is 0.496 e. The minimum Gasteiger partial charge on any atom is -0.496 e. The second kappa shape index (κ2) is 9.06. The number of hydrogen-bond donors (Lipinski definition) is 3. The van der Waals surface area contributed by atoms with Gasteiger partial charge in [-0.3, -0.25) is 19.5 Å². The number of carbonyl (C=O) groups is 2. The molecule has 1 atom stereocenters. The van der Waals surface area contributed by atoms with Gasteiger partial charge in [0.15, 0.2) is 0 Å². The van der Waals surface area contributed by atoms with E-state index in [1.54, 1.807) is 36.4 Å². The molecule has 1 unspecified atom stereocenters. The Bertz CT molecular complexity index is 1160. The van der Waals surface area contributed by atoms with Crippen LogP contribution in [0.2, 0.25) is 10.0 Å². The third kappa shape index (κ3) is 4.84. The first-order valence-corrected chi connectivity index (χ1v) is 9.48. The van der Waals surface area contributed by atoms with Gasteiger partial charge in [-0.25, -0.2) is 4.68 Å². The zero-order valence-corrected chi connectivity index (χ0v) is 17.2. The van der Waals surface area contributed by atoms with Gasteiger partial charge in [-0.2, -0.15) is 0 Å². The number of aliphatic carboxylic acids is 1. The number of carboxylic acid groups (broad SMARTS) is 1. The molecule has 3 aromatic rings. The molecule has 8 nitrogen and oxygen atoms in total. The van der Waals surface area contributed by atoms with Crippen molar-refractivity contribution in [3.8, 4) is 11.4 Å². The monoisotopic (exact) mass is 449 g/mol. The van der Waals surface area contributed by atoms with Crippen molar-refractivity contribution < 1.29 is 19.4 Å². The van der Waals surface area contributed by atoms with Gasteiger partial charge in [-0.05, 0) is 36.4 Å². The van der Waals surface area contributed by atoms with Gasteiger partial charge in [0.2, 0.25) is 0 Å². The summed E-state index contributed by atoms with van der Waals surface area (Å²) in [4.78, 5) is 36.4. The third-order valence-electron chi connectivity index (χ3n) is 4.28. The number of aromatic nitrogens is 2. The molecule has 0 saturated heterocycles. The van der Waals surface area contributed by atoms with Gasteiger partial charge in [0.05, 0.1) is 25.3 Å². The van der Waals surface area contributed by atoms with Crippen molar-refractivity contribution in [1.29, 1.82) is 0 Å². The smallest absolute Gasteiger partial charge is 0.305 e. The minimum atomic E-state index is -1.13. The highest BCUT2D eigenvalue weighted by molar-refractivity contribution is 6.31. The number of nitrogens with zero attached hydrogens (tertiary/aromatic N) is 1. The van der Waals surface area contributed by atoms with Gasteiger partial charge in [-0.1, -0.05) is 29.3 Å². The minimum absolute atomic E-state index is 0.0450. The van der Waals surface area contributed by atoms with Crippen molar-refractivity contribution >= 4 is 35.1 Å². The molecule has 0 spiro atoms. The number of aromatic amines is 1. The molecular formula is C20H17Cl2N3O5. The number of H-pyrrole nitrogens is 1. The molecule has 0 aliphatic heterocycles. The Balaban J connectivity index is 1.92. The maximum absolute atomic E-state index is 12.8. The van der Waals surface area contributed by atoms with Gasteiger partial charge in [0.25, 0.3) is 11.5 Å². The van der Waals surface area contributed by atoms with Gasteiger partial charge >= 0.3 is 5.97 Å². The topological polar surface area (TPSA) is 113 Å². The van der Waals surface area contributed by atoms with Crippen LogP contribution < -0.4 is 15.6 Å². The maximum Gasteiger partial charge on any atom is 0.305 e. The van der Waals surface area contributed by atoms with Crippen LogP contribution in [-0.2, 0) is 4.79 Å². The molecule has 1 aromatic heterocycles. The number of carboxylic acids is 1. The maximum atomic E-state index is 12.8. The molecule has 1 heterocycles. The number of methoxy groups -OCH3 is 1. The summed E-state index contributed by atoms with van der Waals surface area (Å²) >= 11 is 12.0. The number of halogens is 2. The van der Waals surface area contributed by atoms with E-state index in [1.165, 1.54) is 13.2 Å². The molecule has 0 fully saturated rings. The third-order valence-corrected chi connectivity index (χ3v) is 4.75. The number of rotatable bonds is 7. The summed E-state index contributed by atoms with van der Waals surface area (Å²) < 4.78 is 6.42. The predicted molar refractivity (Wildman–Crippen MR) is 112 cm³/mol. The molecule has 0 bridgehead atoms. The molecule has 30 heavy (non-hydrogen) atoms. The normalized spacial score (nSPS) is 11.7. The van der Waals surface area contributed by atoms with E-state index in [9.17, 15) is 19.5 Å². The van der Waals surface area contributed by atoms with Gasteiger partial charge in [0, 0.05) is 21.7 Å². The fourth-order valence-electron chi connectivity index (χ4n) is 2.95. The SMILES string of the molecule is COc1ccc(Cl)cc1C(CC(=O)O)NC(=O)c1cc(=O)n(-c2cccc(Cl)c2)[nH]1. The number of nitrogens with one attached hydrogen (secondary N) is 2. The second-order valence-electron chi connectivity index (χ2n) is 6.33. The van der Waals surface area contributed by atoms with Crippen LogP contribution in [0.25, 0.3) is 5.69 Å². The number of ether oxygens (including phenoxy) is 1. The molecule has 0 radical (unpaired) electrons. The standard InChI is InChI=1S/C20H17Cl2N3O5/c1-30-17-6-5-12(22)8-14(17)15(10-19(27)28)23-20(29)16-9-18(26)25(24-16)13-4-2-3-11(21)7-13/h2-9,15,24H,10H2,1H3,(H,23,29)(H,27,28). The zero-order chi connectivity index (χ0) is 21.8. The Morgan fingerprint density at radius 1 is 1.17 bits per heavy atom. The van der Waals surface area contributed by atoms with E-state index in [4.69, 9.17) is 27.9 Å². The first-order chi connectivity index (χ1) is 14.3. The van der Waals surface area contributed by atoms with Crippen LogP contribution in [0, 0.1) is 0 Å². The van der Waals surface area contributed by atoms with Crippen LogP contribution >= 0.6 is 23.2 Å². The van der Waals surface area contributed by atoms with Crippen molar-refractivity contribution in [1.82, 2.24) is 15.1 Å². The molecule has 3 rings (SSSR count). The lowest BCUT2D eigenvalue weighted by Gasteiger charge is -2.20. The fourth-order valence-corrected chi connectivity index (χ4v) is 3.31. The summed E-state index contributed by atoms with van der Waals surface area (Å²) in [5.41, 5.74) is 0.330. The number of benzene rings is 2. The average molecular weight is 450 g/mol. The highest BCUT2D eigenvalue weighted by Gasteiger charge is 2.24. The van der Waals surface area contributed by atoms with Crippen LogP contribution in [0.3, 0.4) is 0 Å². The molecule has 0 aliphatic carbocycles. The number of amides is 1. The molecular weight excluding hydrogens is 433 g/mol. The molecule has 1 amide bonds. The Morgan fingerprint density at radius 3 is 2.57 bits per heavy atom. The fraction of sp³-hybridized carbons (Fsp3) is 0.150. The van der Waals surface area contributed by atoms with Crippen molar-refractivity contribution in [2.45, 2.75) is 12.5 Å². The Labute approximate surface area is 181 Å². The van der Waals surface area contributed by atoms with E-state index in [-0.39, 0.29) is 5.69 Å². The first-order valence-electron chi connectivity index (χ1n) is 8.72. The van der Waals surface area contributed by atoms with Crippen LogP contribution in [0.1, 0.15) is 28.5 Å². The summed E-state index contributed by atoms with van der Waals surface area (Å²) in [5, 5.41) is 15.4. The van der Waals surface area contributed by atoms with Gasteiger partial charge in [0.1, 0.15) is 11.4 Å². The van der Waals surface area contributed by atoms with Crippen molar-refractivity contribution in [3.63, 3.8) is 0 Å². The number of carbonyl (C=O) groups excluding carboxylic acids is 1. The predicted octanol–water partition coefficient (Wildman–Crippen LogP) is 3.43. The summed E-state index contributed by atoms with van der Waals surface area (Å²) in [5.74, 6) is -1.43. The molecule has 2 aromatic carbocycles. The molecule has 0 saturated carbocycles. The van der Waals surface area contributed by atoms with Crippen LogP contribution in [0.4, 0.5) is 0 Å². The Morgan fingerprint density at radius 2 is 1.90 bits per heavy atom. The van der Waals surface area contributed by atoms with Crippen LogP contribution in [-0.4, -0.2) is 33.9 Å². The molecule has 156 valence electrons. The van der Waals surface area contributed by atoms with Gasteiger partial charge in [-0.15, -0.1) is 0 Å². The van der Waals surface area contributed by atoms with Gasteiger partial charge < -0.3 is 15.2 Å². The first kappa shape index (κ1) is 21.5. The summed E-state index contributed by atoms with van der Waals surface area (Å²) in [6.07, 6.45) is -0.415. The molecule has 3 N–H and O–H groups in total. The Hall–Kier alpha value is -3.23. The average Bonchev–Trinajstić information content (AvgIpc) is 3.09. The quantitative estimate of drug-likeness (QED) is 0.511. The Kier molecular flexibility index (Phi) is 6.49. The van der Waals surface area contributed by atoms with Crippen molar-refractivity contribution in [2.24, 2.45) is 0 Å². The van der Waals surface area contributed by atoms with Crippen molar-refractivity contribution in [3.05, 3.63) is 80.2 Å². The van der Waals surface area contributed by atoms with Crippen LogP contribution in [0.5, 0.6) is 5.75 Å². The van der Waals surface area contributed by atoms with Crippen molar-refractivity contribution in [2.75, 3.05) is 7.11 Å². The van der Waals surface area contributed by atoms with E-state index in [0.717, 1.165) is 10.7 Å². The van der Waals surface area contributed by atoms with E-state index < -0.39 is 29.9 Å². The van der Waals surface area contributed by atoms with E-state index >= 15 is 0 Å². The van der Waals surface area contributed by atoms with E-state index in [0.29, 0.717) is 27.0 Å². The lowest BCUT2D eigenvalue weighted by molar-refractivity contribution is -0.137. The van der Waals surface area contributed by atoms with E-state index in [1.807, 2.05) is 0 Å². The number of hydrogen-bond acceptors (Lipinski definition) is 4. The van der Waals surface area contributed by atoms with E-state index in [2.05, 4.69) is 10.4 Å². The summed E-state index contributed by atoms with van der Waals surface area (Å²) in [7, 11) is 1.43. The zero-order valence-electron chi connectivity index (χ0n) is 15.7. The molecule has 10 heteroatoms. The highest BCUT2D eigenvalue weighted by atomic mass is 35.5. The summed E-state index contributed by atoms with van der Waals surface area (Å²) in [6.45, 7) is 0. The lowest BCUT2D eigenvalue weighted by Crippen LogP contribution is -2.31. The van der Waals surface area contributed by atoms with Crippen LogP contribution in [0.15, 0.2) is 53.3 Å². The lowest BCUT2D eigenvalue weighted by atomic mass is 10.0.